The molecule has 24 heavy (non-hydrogen) atoms. The van der Waals surface area contributed by atoms with Crippen molar-refractivity contribution in [3.8, 4) is 0 Å². The van der Waals surface area contributed by atoms with Crippen LogP contribution in [0.3, 0.4) is 0 Å². The summed E-state index contributed by atoms with van der Waals surface area (Å²) >= 11 is 0. The summed E-state index contributed by atoms with van der Waals surface area (Å²) in [6, 6.07) is 10.3. The molecular formula is C18H17N3O3. The van der Waals surface area contributed by atoms with Crippen molar-refractivity contribution >= 4 is 23.5 Å². The maximum absolute atomic E-state index is 12.2. The summed E-state index contributed by atoms with van der Waals surface area (Å²) in [7, 11) is 0. The number of hydrogen-bond acceptors (Lipinski definition) is 4. The minimum Gasteiger partial charge on any atom is -0.311 e. The number of hydrogen-bond donors (Lipinski definition) is 1. The zero-order chi connectivity index (χ0) is 17.1. The van der Waals surface area contributed by atoms with Gasteiger partial charge in [-0.2, -0.15) is 0 Å². The van der Waals surface area contributed by atoms with Gasteiger partial charge in [-0.1, -0.05) is 18.2 Å². The predicted molar refractivity (Wildman–Crippen MR) is 88.6 cm³/mol. The van der Waals surface area contributed by atoms with Gasteiger partial charge >= 0.3 is 0 Å². The first-order chi connectivity index (χ1) is 11.6. The highest BCUT2D eigenvalue weighted by Gasteiger charge is 2.34. The van der Waals surface area contributed by atoms with Crippen molar-refractivity contribution < 1.29 is 14.4 Å². The Bertz CT molecular complexity index is 764. The van der Waals surface area contributed by atoms with Crippen molar-refractivity contribution in [1.29, 1.82) is 0 Å². The maximum Gasteiger partial charge on any atom is 0.261 e. The number of rotatable bonds is 5. The molecule has 0 saturated heterocycles. The van der Waals surface area contributed by atoms with Gasteiger partial charge in [0.25, 0.3) is 11.8 Å². The van der Waals surface area contributed by atoms with Crippen LogP contribution in [-0.4, -0.2) is 34.2 Å². The molecule has 0 bridgehead atoms. The molecule has 1 aliphatic heterocycles. The van der Waals surface area contributed by atoms with E-state index in [-0.39, 0.29) is 30.7 Å². The van der Waals surface area contributed by atoms with E-state index in [0.717, 1.165) is 5.56 Å². The van der Waals surface area contributed by atoms with Crippen molar-refractivity contribution in [2.75, 3.05) is 11.9 Å². The van der Waals surface area contributed by atoms with E-state index in [4.69, 9.17) is 0 Å². The number of anilines is 1. The first kappa shape index (κ1) is 15.9. The maximum atomic E-state index is 12.2. The summed E-state index contributed by atoms with van der Waals surface area (Å²) < 4.78 is 0. The quantitative estimate of drug-likeness (QED) is 0.857. The monoisotopic (exact) mass is 323 g/mol. The summed E-state index contributed by atoms with van der Waals surface area (Å²) in [5.74, 6) is -0.290. The molecule has 6 heteroatoms. The van der Waals surface area contributed by atoms with Gasteiger partial charge in [0, 0.05) is 19.2 Å². The highest BCUT2D eigenvalue weighted by Crippen LogP contribution is 2.22. The fraction of sp³-hybridized carbons (Fsp3) is 0.222. The molecule has 3 amide bonds. The highest BCUT2D eigenvalue weighted by molar-refractivity contribution is 6.21. The van der Waals surface area contributed by atoms with Crippen LogP contribution in [0.15, 0.2) is 42.6 Å². The lowest BCUT2D eigenvalue weighted by Crippen LogP contribution is -2.31. The average Bonchev–Trinajstić information content (AvgIpc) is 2.82. The van der Waals surface area contributed by atoms with Gasteiger partial charge in [0.05, 0.1) is 11.1 Å². The predicted octanol–water partition coefficient (Wildman–Crippen LogP) is 2.40. The summed E-state index contributed by atoms with van der Waals surface area (Å²) in [5, 5.41) is 2.70. The minimum atomic E-state index is -0.295. The molecule has 0 unspecified atom stereocenters. The Kier molecular flexibility index (Phi) is 4.37. The van der Waals surface area contributed by atoms with Crippen LogP contribution in [-0.2, 0) is 4.79 Å². The van der Waals surface area contributed by atoms with Crippen LogP contribution >= 0.6 is 0 Å². The Labute approximate surface area is 139 Å². The molecule has 0 atom stereocenters. The Morgan fingerprint density at radius 1 is 1.08 bits per heavy atom. The number of carbonyl (C=O) groups is 3. The van der Waals surface area contributed by atoms with E-state index in [0.29, 0.717) is 23.4 Å². The number of carbonyl (C=O) groups excluding carboxylic acids is 3. The molecule has 122 valence electrons. The number of pyridine rings is 1. The molecule has 0 aliphatic carbocycles. The van der Waals surface area contributed by atoms with Crippen molar-refractivity contribution in [2.24, 2.45) is 0 Å². The second kappa shape index (κ2) is 6.62. The number of imide groups is 1. The van der Waals surface area contributed by atoms with Crippen LogP contribution < -0.4 is 5.32 Å². The zero-order valence-electron chi connectivity index (χ0n) is 13.3. The standard InChI is InChI=1S/C18H17N3O3/c1-12-8-9-15(19-11-12)20-16(22)7-4-10-21-17(23)13-5-2-3-6-14(13)18(21)24/h2-3,5-6,8-9,11H,4,7,10H2,1H3,(H,19,20,22). The molecule has 2 aromatic rings. The third-order valence-electron chi connectivity index (χ3n) is 3.84. The second-order valence-corrected chi connectivity index (χ2v) is 5.68. The van der Waals surface area contributed by atoms with Crippen LogP contribution in [0.4, 0.5) is 5.82 Å². The highest BCUT2D eigenvalue weighted by atomic mass is 16.2. The number of aryl methyl sites for hydroxylation is 1. The summed E-state index contributed by atoms with van der Waals surface area (Å²) in [4.78, 5) is 41.6. The SMILES string of the molecule is Cc1ccc(NC(=O)CCCN2C(=O)c3ccccc3C2=O)nc1. The van der Waals surface area contributed by atoms with Crippen LogP contribution in [0, 0.1) is 6.92 Å². The molecule has 3 rings (SSSR count). The largest absolute Gasteiger partial charge is 0.311 e. The van der Waals surface area contributed by atoms with E-state index in [1.54, 1.807) is 36.5 Å². The van der Waals surface area contributed by atoms with Gasteiger partial charge in [-0.05, 0) is 37.1 Å². The van der Waals surface area contributed by atoms with Gasteiger partial charge in [-0.3, -0.25) is 19.3 Å². The molecule has 1 aliphatic rings. The van der Waals surface area contributed by atoms with E-state index in [1.165, 1.54) is 4.90 Å². The smallest absolute Gasteiger partial charge is 0.261 e. The number of amides is 3. The minimum absolute atomic E-state index is 0.192. The topological polar surface area (TPSA) is 79.4 Å². The summed E-state index contributed by atoms with van der Waals surface area (Å²) in [6.07, 6.45) is 2.29. The third-order valence-corrected chi connectivity index (χ3v) is 3.84. The van der Waals surface area contributed by atoms with Crippen LogP contribution in [0.1, 0.15) is 39.1 Å². The van der Waals surface area contributed by atoms with Gasteiger partial charge in [0.15, 0.2) is 0 Å². The number of nitrogens with zero attached hydrogens (tertiary/aromatic N) is 2. The lowest BCUT2D eigenvalue weighted by molar-refractivity contribution is -0.116. The summed E-state index contributed by atoms with van der Waals surface area (Å²) in [6.45, 7) is 2.14. The van der Waals surface area contributed by atoms with E-state index in [1.807, 2.05) is 13.0 Å². The lowest BCUT2D eigenvalue weighted by Gasteiger charge is -2.13. The second-order valence-electron chi connectivity index (χ2n) is 5.68. The third kappa shape index (κ3) is 3.17. The van der Waals surface area contributed by atoms with E-state index < -0.39 is 0 Å². The van der Waals surface area contributed by atoms with E-state index >= 15 is 0 Å². The first-order valence-electron chi connectivity index (χ1n) is 7.74. The molecule has 2 heterocycles. The van der Waals surface area contributed by atoms with Gasteiger partial charge in [-0.25, -0.2) is 4.98 Å². The van der Waals surface area contributed by atoms with Crippen molar-refractivity contribution in [3.63, 3.8) is 0 Å². The van der Waals surface area contributed by atoms with E-state index in [9.17, 15) is 14.4 Å². The van der Waals surface area contributed by atoms with Crippen molar-refractivity contribution in [1.82, 2.24) is 9.88 Å². The normalized spacial score (nSPS) is 13.1. The lowest BCUT2D eigenvalue weighted by atomic mass is 10.1. The van der Waals surface area contributed by atoms with Crippen LogP contribution in [0.2, 0.25) is 0 Å². The van der Waals surface area contributed by atoms with E-state index in [2.05, 4.69) is 10.3 Å². The Hall–Kier alpha value is -3.02. The van der Waals surface area contributed by atoms with Gasteiger partial charge < -0.3 is 5.32 Å². The molecule has 6 nitrogen and oxygen atoms in total. The zero-order valence-corrected chi connectivity index (χ0v) is 13.3. The Morgan fingerprint density at radius 2 is 1.75 bits per heavy atom. The van der Waals surface area contributed by atoms with Crippen LogP contribution in [0.5, 0.6) is 0 Å². The number of nitrogens with one attached hydrogen (secondary N) is 1. The summed E-state index contributed by atoms with van der Waals surface area (Å²) in [5.41, 5.74) is 1.87. The van der Waals surface area contributed by atoms with Crippen molar-refractivity contribution in [2.45, 2.75) is 19.8 Å². The molecular weight excluding hydrogens is 306 g/mol. The van der Waals surface area contributed by atoms with Gasteiger partial charge in [-0.15, -0.1) is 0 Å². The fourth-order valence-electron chi connectivity index (χ4n) is 2.59. The molecule has 1 aromatic carbocycles. The Morgan fingerprint density at radius 3 is 2.33 bits per heavy atom. The molecule has 0 saturated carbocycles. The number of fused-ring (bicyclic) bond motifs is 1. The average molecular weight is 323 g/mol. The molecule has 1 N–H and O–H groups in total. The number of benzene rings is 1. The fourth-order valence-corrected chi connectivity index (χ4v) is 2.59. The molecule has 0 radical (unpaired) electrons. The molecule has 1 aromatic heterocycles. The van der Waals surface area contributed by atoms with Crippen LogP contribution in [0.25, 0.3) is 0 Å². The van der Waals surface area contributed by atoms with Crippen molar-refractivity contribution in [3.05, 3.63) is 59.3 Å². The molecule has 0 spiro atoms. The number of aromatic nitrogens is 1. The van der Waals surface area contributed by atoms with Gasteiger partial charge in [0.1, 0.15) is 5.82 Å². The van der Waals surface area contributed by atoms with Gasteiger partial charge in [0.2, 0.25) is 5.91 Å². The first-order valence-corrected chi connectivity index (χ1v) is 7.74. The Balaban J connectivity index is 1.52. The molecule has 0 fully saturated rings.